The van der Waals surface area contributed by atoms with Crippen molar-refractivity contribution in [2.45, 2.75) is 74.1 Å². The molecule has 0 amide bonds. The lowest BCUT2D eigenvalue weighted by Gasteiger charge is -2.28. The second kappa shape index (κ2) is 27.6. The van der Waals surface area contributed by atoms with Crippen molar-refractivity contribution in [3.8, 4) is 16.9 Å². The quantitative estimate of drug-likeness (QED) is 0.0494. The van der Waals surface area contributed by atoms with Gasteiger partial charge in [0.2, 0.25) is 0 Å². The van der Waals surface area contributed by atoms with Crippen molar-refractivity contribution in [2.75, 3.05) is 39.6 Å². The lowest BCUT2D eigenvalue weighted by molar-refractivity contribution is -0.150. The van der Waals surface area contributed by atoms with E-state index >= 15 is 0 Å². The van der Waals surface area contributed by atoms with Crippen LogP contribution in [0.5, 0.6) is 5.75 Å². The first-order chi connectivity index (χ1) is 34.5. The molecule has 2 aromatic carbocycles. The molecule has 0 aromatic heterocycles. The molecule has 14 heteroatoms. The number of carbonyl (C=O) groups is 6. The zero-order valence-electron chi connectivity index (χ0n) is 42.9. The highest BCUT2D eigenvalue weighted by Gasteiger charge is 2.31. The maximum atomic E-state index is 13.3. The summed E-state index contributed by atoms with van der Waals surface area (Å²) >= 11 is 0. The van der Waals surface area contributed by atoms with Gasteiger partial charge >= 0.3 is 35.8 Å². The van der Waals surface area contributed by atoms with Crippen LogP contribution in [-0.4, -0.2) is 75.5 Å². The largest absolute Gasteiger partial charge is 0.494 e. The third kappa shape index (κ3) is 19.6. The molecule has 0 heterocycles. The monoisotopic (exact) mass is 998 g/mol. The van der Waals surface area contributed by atoms with Crippen LogP contribution in [0.3, 0.4) is 0 Å². The Kier molecular flexibility index (Phi) is 21.7. The number of hydrogen-bond donors (Lipinski definition) is 0. The average Bonchev–Trinajstić information content (AvgIpc) is 3.70. The Morgan fingerprint density at radius 1 is 0.562 bits per heavy atom. The van der Waals surface area contributed by atoms with Crippen LogP contribution in [-0.2, 0) is 61.9 Å². The molecule has 2 aliphatic rings. The molecular formula is C59H66O14. The molecular weight excluding hydrogens is 933 g/mol. The van der Waals surface area contributed by atoms with Crippen LogP contribution in [0.1, 0.15) is 79.7 Å². The van der Waals surface area contributed by atoms with Gasteiger partial charge in [-0.15, -0.1) is 0 Å². The van der Waals surface area contributed by atoms with Crippen molar-refractivity contribution in [1.29, 1.82) is 0 Å². The van der Waals surface area contributed by atoms with Gasteiger partial charge in [0.1, 0.15) is 49.5 Å². The van der Waals surface area contributed by atoms with E-state index in [2.05, 4.69) is 26.3 Å². The number of rotatable bonds is 26. The van der Waals surface area contributed by atoms with Gasteiger partial charge in [0.05, 0.1) is 18.8 Å². The average molecular weight is 999 g/mol. The molecule has 386 valence electrons. The number of hydrogen-bond acceptors (Lipinski definition) is 14. The fourth-order valence-corrected chi connectivity index (χ4v) is 6.51. The van der Waals surface area contributed by atoms with E-state index in [-0.39, 0.29) is 61.9 Å². The smallest absolute Gasteiger partial charge is 0.343 e. The lowest BCUT2D eigenvalue weighted by Crippen LogP contribution is -2.33. The fraction of sp³-hybridized carbons (Fsp3) is 0.322. The molecule has 0 bridgehead atoms. The highest BCUT2D eigenvalue weighted by atomic mass is 16.6. The van der Waals surface area contributed by atoms with Gasteiger partial charge in [0, 0.05) is 39.2 Å². The maximum absolute atomic E-state index is 13.3. The van der Waals surface area contributed by atoms with Crippen molar-refractivity contribution in [1.82, 2.24) is 0 Å². The molecule has 0 aliphatic heterocycles. The summed E-state index contributed by atoms with van der Waals surface area (Å²) in [6, 6.07) is 15.2. The molecule has 0 spiro atoms. The highest BCUT2D eigenvalue weighted by Crippen LogP contribution is 2.29. The van der Waals surface area contributed by atoms with Gasteiger partial charge in [-0.2, -0.15) is 0 Å². The standard InChI is InChI=1S/C59H66O14/c1-39(2)53(61)68-35-58(10,36-69-54(62)40(3)4)30-32-66-48-15-12-14-47(25-28-48)57(65)72-50-16-13-17-51(43(9)34-50)73-52(60)29-20-44-18-21-45(22-19-44)46-23-26-49(27-24-46)67-33-31-59(11,37-70-55(63)41(5)6)38-71-56(64)42(7)8/h14-29,34H,1,3,5,7,12-13,30-33,35-38H2,2,4,6,8-11H3/b29-20+. The molecule has 0 atom stereocenters. The number of ether oxygens (including phenoxy) is 8. The van der Waals surface area contributed by atoms with Gasteiger partial charge in [-0.1, -0.05) is 82.6 Å². The van der Waals surface area contributed by atoms with Crippen molar-refractivity contribution in [3.05, 3.63) is 180 Å². The number of carbonyl (C=O) groups excluding carboxylic acids is 6. The van der Waals surface area contributed by atoms with E-state index in [1.54, 1.807) is 77.2 Å². The van der Waals surface area contributed by atoms with Crippen molar-refractivity contribution in [3.63, 3.8) is 0 Å². The van der Waals surface area contributed by atoms with E-state index in [1.165, 1.54) is 6.08 Å². The Hall–Kier alpha value is -8.00. The Bertz CT molecular complexity index is 2600. The fourth-order valence-electron chi connectivity index (χ4n) is 6.51. The van der Waals surface area contributed by atoms with E-state index < -0.39 is 46.6 Å². The van der Waals surface area contributed by atoms with Crippen molar-refractivity contribution >= 4 is 41.9 Å². The summed E-state index contributed by atoms with van der Waals surface area (Å²) in [5.74, 6) is -1.55. The minimum absolute atomic E-state index is 0.00942. The maximum Gasteiger partial charge on any atom is 0.343 e. The third-order valence-electron chi connectivity index (χ3n) is 11.2. The summed E-state index contributed by atoms with van der Waals surface area (Å²) in [5, 5.41) is 0. The van der Waals surface area contributed by atoms with E-state index in [4.69, 9.17) is 37.9 Å². The summed E-state index contributed by atoms with van der Waals surface area (Å²) in [6.07, 6.45) is 16.4. The minimum Gasteiger partial charge on any atom is -0.494 e. The molecule has 14 nitrogen and oxygen atoms in total. The van der Waals surface area contributed by atoms with Gasteiger partial charge in [-0.25, -0.2) is 28.8 Å². The van der Waals surface area contributed by atoms with Crippen molar-refractivity contribution < 1.29 is 66.7 Å². The Balaban J connectivity index is 1.24. The van der Waals surface area contributed by atoms with Crippen LogP contribution in [0.4, 0.5) is 0 Å². The molecule has 0 radical (unpaired) electrons. The zero-order valence-corrected chi connectivity index (χ0v) is 42.9. The van der Waals surface area contributed by atoms with E-state index in [1.807, 2.05) is 68.5 Å². The zero-order chi connectivity index (χ0) is 53.7. The van der Waals surface area contributed by atoms with Crippen LogP contribution < -0.4 is 4.74 Å². The normalized spacial score (nSPS) is 13.5. The second-order valence-corrected chi connectivity index (χ2v) is 18.6. The number of benzene rings is 2. The Morgan fingerprint density at radius 3 is 1.51 bits per heavy atom. The van der Waals surface area contributed by atoms with Crippen LogP contribution >= 0.6 is 0 Å². The number of allylic oxidation sites excluding steroid dienone is 7. The molecule has 0 fully saturated rings. The van der Waals surface area contributed by atoms with Gasteiger partial charge in [-0.3, -0.25) is 0 Å². The number of esters is 6. The van der Waals surface area contributed by atoms with Gasteiger partial charge in [-0.05, 0) is 137 Å². The molecule has 73 heavy (non-hydrogen) atoms. The summed E-state index contributed by atoms with van der Waals surface area (Å²) in [5.41, 5.74) is 3.13. The van der Waals surface area contributed by atoms with Gasteiger partial charge in [0.15, 0.2) is 0 Å². The van der Waals surface area contributed by atoms with Crippen molar-refractivity contribution in [2.24, 2.45) is 10.8 Å². The first-order valence-corrected chi connectivity index (χ1v) is 23.6. The second-order valence-electron chi connectivity index (χ2n) is 18.6. The van der Waals surface area contributed by atoms with Crippen LogP contribution in [0, 0.1) is 10.8 Å². The summed E-state index contributed by atoms with van der Waals surface area (Å²) < 4.78 is 45.0. The predicted octanol–water partition coefficient (Wildman–Crippen LogP) is 11.0. The third-order valence-corrected chi connectivity index (χ3v) is 11.2. The van der Waals surface area contributed by atoms with E-state index in [0.29, 0.717) is 59.9 Å². The van der Waals surface area contributed by atoms with Gasteiger partial charge < -0.3 is 37.9 Å². The molecule has 0 saturated heterocycles. The van der Waals surface area contributed by atoms with Crippen LogP contribution in [0.15, 0.2) is 174 Å². The minimum atomic E-state index is -0.764. The summed E-state index contributed by atoms with van der Waals surface area (Å²) in [4.78, 5) is 74.5. The van der Waals surface area contributed by atoms with Crippen LogP contribution in [0.25, 0.3) is 17.2 Å². The topological polar surface area (TPSA) is 176 Å². The Morgan fingerprint density at radius 2 is 1.01 bits per heavy atom. The van der Waals surface area contributed by atoms with E-state index in [0.717, 1.165) is 16.7 Å². The first-order valence-electron chi connectivity index (χ1n) is 23.6. The molecule has 0 unspecified atom stereocenters. The molecule has 4 rings (SSSR count). The molecule has 0 N–H and O–H groups in total. The highest BCUT2D eigenvalue weighted by molar-refractivity contribution is 5.93. The Labute approximate surface area is 428 Å². The lowest BCUT2D eigenvalue weighted by atomic mass is 9.89. The molecule has 0 saturated carbocycles. The van der Waals surface area contributed by atoms with E-state index in [9.17, 15) is 28.8 Å². The predicted molar refractivity (Wildman–Crippen MR) is 278 cm³/mol. The molecule has 2 aliphatic carbocycles. The molecule has 2 aromatic rings. The van der Waals surface area contributed by atoms with Gasteiger partial charge in [0.25, 0.3) is 0 Å². The van der Waals surface area contributed by atoms with Crippen LogP contribution in [0.2, 0.25) is 0 Å². The summed E-state index contributed by atoms with van der Waals surface area (Å²) in [6.45, 7) is 26.5. The SMILES string of the molecule is C=C(C)C(=O)OCC(C)(CCOC1=CCC=C(C(=O)OC2=CCC=C(OC(=O)/C=C/c3ccc(-c4ccc(OCCC(C)(COC(=O)C(=C)C)COC(=O)C(=C)C)cc4)cc3)C(C)=C2)C=C1)COC(=O)C(=C)C. The summed E-state index contributed by atoms with van der Waals surface area (Å²) in [7, 11) is 0. The first kappa shape index (κ1) is 57.6.